The molecule has 0 radical (unpaired) electrons. The third kappa shape index (κ3) is 8.89. The van der Waals surface area contributed by atoms with Crippen molar-refractivity contribution in [2.45, 2.75) is 118 Å². The zero-order valence-corrected chi connectivity index (χ0v) is 22.4. The van der Waals surface area contributed by atoms with Crippen molar-refractivity contribution in [3.63, 3.8) is 0 Å². The average molecular weight is 515 g/mol. The normalized spacial score (nSPS) is 13.7. The van der Waals surface area contributed by atoms with Gasteiger partial charge in [0.25, 0.3) is 0 Å². The number of hydrogen-bond donors (Lipinski definition) is 4. The Labute approximate surface area is 214 Å². The highest BCUT2D eigenvalue weighted by Crippen LogP contribution is 2.53. The number of unbranched alkanes of at least 4 members (excludes halogenated alkanes) is 4. The first-order chi connectivity index (χ1) is 16.9. The molecule has 0 aromatic heterocycles. The predicted molar refractivity (Wildman–Crippen MR) is 135 cm³/mol. The summed E-state index contributed by atoms with van der Waals surface area (Å²) in [7, 11) is 0. The summed E-state index contributed by atoms with van der Waals surface area (Å²) >= 11 is 0. The minimum absolute atomic E-state index is 0.0123. The number of carboxylic acids is 4. The SMILES string of the molecule is CCC(CC)(CCCCC(C(=O)O)C(=O)C(CCCCCCC(=O)O)C(=O)O)C(CC)(CC)C(=O)O. The van der Waals surface area contributed by atoms with Crippen LogP contribution in [0.25, 0.3) is 0 Å². The van der Waals surface area contributed by atoms with E-state index in [-0.39, 0.29) is 19.3 Å². The fourth-order valence-corrected chi connectivity index (χ4v) is 5.86. The summed E-state index contributed by atoms with van der Waals surface area (Å²) in [5, 5.41) is 37.9. The predicted octanol–water partition coefficient (Wildman–Crippen LogP) is 5.64. The molecule has 2 atom stereocenters. The van der Waals surface area contributed by atoms with Gasteiger partial charge >= 0.3 is 23.9 Å². The minimum Gasteiger partial charge on any atom is -0.481 e. The van der Waals surface area contributed by atoms with Crippen molar-refractivity contribution in [3.8, 4) is 0 Å². The Balaban J connectivity index is 5.21. The van der Waals surface area contributed by atoms with Gasteiger partial charge in [0, 0.05) is 6.42 Å². The summed E-state index contributed by atoms with van der Waals surface area (Å²) in [5.41, 5.74) is -1.33. The fraction of sp³-hybridized carbons (Fsp3) is 0.815. The number of aliphatic carboxylic acids is 4. The molecule has 0 amide bonds. The molecule has 0 aliphatic heterocycles. The van der Waals surface area contributed by atoms with E-state index in [1.165, 1.54) is 0 Å². The van der Waals surface area contributed by atoms with Crippen LogP contribution >= 0.6 is 0 Å². The van der Waals surface area contributed by atoms with Gasteiger partial charge in [0.1, 0.15) is 11.8 Å². The van der Waals surface area contributed by atoms with E-state index in [0.29, 0.717) is 70.6 Å². The van der Waals surface area contributed by atoms with Gasteiger partial charge in [-0.15, -0.1) is 0 Å². The molecule has 36 heavy (non-hydrogen) atoms. The largest absolute Gasteiger partial charge is 0.481 e. The lowest BCUT2D eigenvalue weighted by Gasteiger charge is -2.47. The molecular weight excluding hydrogens is 468 g/mol. The van der Waals surface area contributed by atoms with Gasteiger partial charge in [0.05, 0.1) is 5.41 Å². The molecule has 0 saturated carbocycles. The quantitative estimate of drug-likeness (QED) is 0.106. The second kappa shape index (κ2) is 16.3. The molecule has 0 bridgehead atoms. The molecule has 4 N–H and O–H groups in total. The van der Waals surface area contributed by atoms with E-state index in [0.717, 1.165) is 0 Å². The van der Waals surface area contributed by atoms with E-state index >= 15 is 0 Å². The average Bonchev–Trinajstić information content (AvgIpc) is 2.81. The molecular formula is C27H46O9. The van der Waals surface area contributed by atoms with Crippen LogP contribution in [-0.4, -0.2) is 50.1 Å². The fourth-order valence-electron chi connectivity index (χ4n) is 5.86. The molecule has 0 fully saturated rings. The van der Waals surface area contributed by atoms with Gasteiger partial charge < -0.3 is 20.4 Å². The first kappa shape index (κ1) is 33.5. The zero-order valence-electron chi connectivity index (χ0n) is 22.4. The van der Waals surface area contributed by atoms with Crippen LogP contribution in [0.15, 0.2) is 0 Å². The monoisotopic (exact) mass is 514 g/mol. The maximum atomic E-state index is 12.9. The maximum Gasteiger partial charge on any atom is 0.314 e. The standard InChI is InChI=1S/C27H46O9/c1-5-26(6-2,27(7-3,8-4)25(35)36)18-14-13-16-20(24(33)34)22(30)19(23(31)32)15-11-9-10-12-17-21(28)29/h19-20H,5-18H2,1-4H3,(H,28,29)(H,31,32)(H,33,34)(H,35,36). The van der Waals surface area contributed by atoms with Gasteiger partial charge in [-0.1, -0.05) is 59.8 Å². The molecule has 0 aromatic rings. The van der Waals surface area contributed by atoms with Crippen LogP contribution in [0, 0.1) is 22.7 Å². The highest BCUT2D eigenvalue weighted by molar-refractivity contribution is 6.07. The minimum atomic E-state index is -1.42. The van der Waals surface area contributed by atoms with Crippen molar-refractivity contribution in [1.29, 1.82) is 0 Å². The van der Waals surface area contributed by atoms with Gasteiger partial charge in [-0.25, -0.2) is 0 Å². The third-order valence-corrected chi connectivity index (χ3v) is 8.30. The summed E-state index contributed by atoms with van der Waals surface area (Å²) in [4.78, 5) is 59.3. The molecule has 0 rings (SSSR count). The first-order valence-electron chi connectivity index (χ1n) is 13.3. The van der Waals surface area contributed by atoms with Crippen molar-refractivity contribution < 1.29 is 44.4 Å². The molecule has 9 heteroatoms. The van der Waals surface area contributed by atoms with Crippen molar-refractivity contribution in [3.05, 3.63) is 0 Å². The lowest BCUT2D eigenvalue weighted by Crippen LogP contribution is -2.47. The van der Waals surface area contributed by atoms with Crippen molar-refractivity contribution in [1.82, 2.24) is 0 Å². The highest BCUT2D eigenvalue weighted by atomic mass is 16.4. The molecule has 0 aliphatic rings. The van der Waals surface area contributed by atoms with Crippen molar-refractivity contribution in [2.24, 2.45) is 22.7 Å². The Morgan fingerprint density at radius 2 is 1.06 bits per heavy atom. The Bertz CT molecular complexity index is 736. The Kier molecular flexibility index (Phi) is 15.2. The molecule has 0 aliphatic carbocycles. The van der Waals surface area contributed by atoms with E-state index in [4.69, 9.17) is 5.11 Å². The number of hydrogen-bond acceptors (Lipinski definition) is 5. The number of carboxylic acid groups (broad SMARTS) is 4. The van der Waals surface area contributed by atoms with Crippen LogP contribution < -0.4 is 0 Å². The van der Waals surface area contributed by atoms with E-state index in [1.54, 1.807) is 0 Å². The molecule has 0 saturated heterocycles. The first-order valence-corrected chi connectivity index (χ1v) is 13.3. The van der Waals surface area contributed by atoms with E-state index in [9.17, 15) is 39.3 Å². The summed E-state index contributed by atoms with van der Waals surface area (Å²) in [6, 6.07) is 0. The van der Waals surface area contributed by atoms with Crippen molar-refractivity contribution in [2.75, 3.05) is 0 Å². The van der Waals surface area contributed by atoms with Crippen LogP contribution in [0.4, 0.5) is 0 Å². The molecule has 0 spiro atoms. The van der Waals surface area contributed by atoms with E-state index in [2.05, 4.69) is 0 Å². The van der Waals surface area contributed by atoms with Gasteiger partial charge in [0.15, 0.2) is 5.78 Å². The lowest BCUT2D eigenvalue weighted by atomic mass is 9.55. The molecule has 208 valence electrons. The Morgan fingerprint density at radius 3 is 1.42 bits per heavy atom. The van der Waals surface area contributed by atoms with Crippen LogP contribution in [0.5, 0.6) is 0 Å². The second-order valence-electron chi connectivity index (χ2n) is 9.86. The summed E-state index contributed by atoms with van der Waals surface area (Å²) in [6.45, 7) is 7.73. The number of carbonyl (C=O) groups is 5. The summed E-state index contributed by atoms with van der Waals surface area (Å²) < 4.78 is 0. The van der Waals surface area contributed by atoms with Crippen molar-refractivity contribution >= 4 is 29.7 Å². The molecule has 2 unspecified atom stereocenters. The highest BCUT2D eigenvalue weighted by Gasteiger charge is 2.51. The third-order valence-electron chi connectivity index (χ3n) is 8.30. The van der Waals surface area contributed by atoms with Crippen LogP contribution in [0.1, 0.15) is 118 Å². The van der Waals surface area contributed by atoms with E-state index in [1.807, 2.05) is 27.7 Å². The Morgan fingerprint density at radius 1 is 0.611 bits per heavy atom. The number of rotatable bonds is 22. The van der Waals surface area contributed by atoms with Gasteiger partial charge in [-0.2, -0.15) is 0 Å². The van der Waals surface area contributed by atoms with Gasteiger partial charge in [-0.3, -0.25) is 24.0 Å². The van der Waals surface area contributed by atoms with Crippen LogP contribution in [0.2, 0.25) is 0 Å². The zero-order chi connectivity index (χ0) is 27.9. The molecule has 0 heterocycles. The van der Waals surface area contributed by atoms with Crippen LogP contribution in [0.3, 0.4) is 0 Å². The number of carbonyl (C=O) groups excluding carboxylic acids is 1. The second-order valence-corrected chi connectivity index (χ2v) is 9.86. The number of Topliss-reactive ketones (excluding diaryl/α,β-unsaturated/α-hetero) is 1. The molecule has 9 nitrogen and oxygen atoms in total. The van der Waals surface area contributed by atoms with Gasteiger partial charge in [-0.05, 0) is 56.8 Å². The topological polar surface area (TPSA) is 166 Å². The molecule has 0 aromatic carbocycles. The Hall–Kier alpha value is -2.45. The maximum absolute atomic E-state index is 12.9. The van der Waals surface area contributed by atoms with E-state index < -0.39 is 52.3 Å². The lowest BCUT2D eigenvalue weighted by molar-refractivity contribution is -0.162. The van der Waals surface area contributed by atoms with Crippen LogP contribution in [-0.2, 0) is 24.0 Å². The smallest absolute Gasteiger partial charge is 0.314 e. The van der Waals surface area contributed by atoms with Gasteiger partial charge in [0.2, 0.25) is 0 Å². The number of ketones is 1. The summed E-state index contributed by atoms with van der Waals surface area (Å²) in [5.74, 6) is -8.03. The summed E-state index contributed by atoms with van der Waals surface area (Å²) in [6.07, 6.45) is 5.95.